The third-order valence-corrected chi connectivity index (χ3v) is 2.17. The second-order valence-electron chi connectivity index (χ2n) is 3.34. The first-order valence-electron chi connectivity index (χ1n) is 5.03. The van der Waals surface area contributed by atoms with Crippen molar-refractivity contribution in [3.05, 3.63) is 11.2 Å². The van der Waals surface area contributed by atoms with Crippen LogP contribution in [0.4, 0.5) is 29.3 Å². The average molecular weight is 287 g/mol. The normalized spacial score (nSPS) is 11.7. The fraction of sp³-hybridized carbons (Fsp3) is 0.556. The van der Waals surface area contributed by atoms with E-state index < -0.39 is 18.9 Å². The van der Waals surface area contributed by atoms with Crippen LogP contribution < -0.4 is 10.6 Å². The van der Waals surface area contributed by atoms with Crippen LogP contribution in [0.5, 0.6) is 0 Å². The molecule has 0 atom stereocenters. The van der Waals surface area contributed by atoms with Crippen LogP contribution in [0.1, 0.15) is 6.92 Å². The van der Waals surface area contributed by atoms with Crippen molar-refractivity contribution in [1.29, 1.82) is 0 Å². The molecule has 0 aliphatic rings. The Hall–Kier alpha value is -1.31. The number of anilines is 2. The molecule has 2 N–H and O–H groups in total. The zero-order valence-corrected chi connectivity index (χ0v) is 10.1. The van der Waals surface area contributed by atoms with Crippen LogP contribution in [0.15, 0.2) is 6.20 Å². The smallest absolute Gasteiger partial charge is 0.324 e. The molecule has 0 aromatic carbocycles. The summed E-state index contributed by atoms with van der Waals surface area (Å²) in [4.78, 5) is 7.56. The third-order valence-electron chi connectivity index (χ3n) is 1.89. The number of alkyl halides is 4. The minimum atomic E-state index is -4.15. The maximum atomic E-state index is 12.7. The van der Waals surface area contributed by atoms with Crippen LogP contribution in [-0.2, 0) is 0 Å². The Labute approximate surface area is 106 Å². The minimum absolute atomic E-state index is 0.0262. The molecule has 0 radical (unpaired) electrons. The van der Waals surface area contributed by atoms with E-state index in [0.717, 1.165) is 0 Å². The molecule has 0 saturated heterocycles. The number of nitrogens with zero attached hydrogens (tertiary/aromatic N) is 2. The van der Waals surface area contributed by atoms with E-state index in [1.807, 2.05) is 0 Å². The minimum Gasteiger partial charge on any atom is -0.362 e. The lowest BCUT2D eigenvalue weighted by Crippen LogP contribution is -2.35. The summed E-state index contributed by atoms with van der Waals surface area (Å²) in [5.41, 5.74) is 0. The van der Waals surface area contributed by atoms with Gasteiger partial charge in [0.2, 0.25) is 5.95 Å². The fourth-order valence-electron chi connectivity index (χ4n) is 1.01. The Morgan fingerprint density at radius 3 is 2.61 bits per heavy atom. The first-order chi connectivity index (χ1) is 8.36. The van der Waals surface area contributed by atoms with Gasteiger partial charge in [-0.25, -0.2) is 13.8 Å². The number of hydrogen-bond donors (Lipinski definition) is 2. The van der Waals surface area contributed by atoms with Crippen LogP contribution in [0, 0.1) is 0 Å². The Balaban J connectivity index is 2.75. The zero-order valence-electron chi connectivity index (χ0n) is 9.35. The lowest BCUT2D eigenvalue weighted by Gasteiger charge is -2.16. The summed E-state index contributed by atoms with van der Waals surface area (Å²) in [6.45, 7) is 1.05. The molecule has 1 rings (SSSR count). The highest BCUT2D eigenvalue weighted by molar-refractivity contribution is 6.32. The summed E-state index contributed by atoms with van der Waals surface area (Å²) >= 11 is 5.66. The van der Waals surface area contributed by atoms with Gasteiger partial charge in [-0.2, -0.15) is 13.8 Å². The van der Waals surface area contributed by atoms with Gasteiger partial charge < -0.3 is 10.6 Å². The van der Waals surface area contributed by atoms with Crippen molar-refractivity contribution in [2.24, 2.45) is 0 Å². The van der Waals surface area contributed by atoms with Crippen molar-refractivity contribution in [2.45, 2.75) is 19.3 Å². The van der Waals surface area contributed by atoms with Gasteiger partial charge in [-0.1, -0.05) is 11.6 Å². The van der Waals surface area contributed by atoms with Crippen LogP contribution in [0.25, 0.3) is 0 Å². The van der Waals surface area contributed by atoms with E-state index >= 15 is 0 Å². The molecule has 4 nitrogen and oxygen atoms in total. The fourth-order valence-corrected chi connectivity index (χ4v) is 1.17. The second kappa shape index (κ2) is 6.03. The monoisotopic (exact) mass is 286 g/mol. The molecule has 1 heterocycles. The quantitative estimate of drug-likeness (QED) is 0.790. The summed E-state index contributed by atoms with van der Waals surface area (Å²) in [5, 5.41) is 4.79. The van der Waals surface area contributed by atoms with E-state index in [4.69, 9.17) is 11.6 Å². The van der Waals surface area contributed by atoms with E-state index in [-0.39, 0.29) is 16.8 Å². The van der Waals surface area contributed by atoms with Crippen molar-refractivity contribution < 1.29 is 17.6 Å². The molecule has 9 heteroatoms. The van der Waals surface area contributed by atoms with Crippen LogP contribution in [-0.4, -0.2) is 35.4 Å². The summed E-state index contributed by atoms with van der Waals surface area (Å²) in [5.74, 6) is -4.10. The van der Waals surface area contributed by atoms with Gasteiger partial charge in [0.15, 0.2) is 5.82 Å². The Kier molecular flexibility index (Phi) is 4.94. The van der Waals surface area contributed by atoms with E-state index in [1.165, 1.54) is 6.20 Å². The number of halogens is 5. The molecule has 0 fully saturated rings. The summed E-state index contributed by atoms with van der Waals surface area (Å²) in [6, 6.07) is 0. The summed E-state index contributed by atoms with van der Waals surface area (Å²) in [7, 11) is 0. The van der Waals surface area contributed by atoms with E-state index in [1.54, 1.807) is 6.92 Å². The molecule has 1 aromatic heterocycles. The second-order valence-corrected chi connectivity index (χ2v) is 3.74. The van der Waals surface area contributed by atoms with Crippen molar-refractivity contribution in [1.82, 2.24) is 9.97 Å². The van der Waals surface area contributed by atoms with Crippen LogP contribution in [0.2, 0.25) is 5.02 Å². The van der Waals surface area contributed by atoms with Gasteiger partial charge in [-0.15, -0.1) is 0 Å². The molecule has 0 aliphatic carbocycles. The van der Waals surface area contributed by atoms with Crippen molar-refractivity contribution in [2.75, 3.05) is 23.7 Å². The predicted molar refractivity (Wildman–Crippen MR) is 60.6 cm³/mol. The Bertz CT molecular complexity index is 402. The van der Waals surface area contributed by atoms with Gasteiger partial charge in [0.25, 0.3) is 0 Å². The largest absolute Gasteiger partial charge is 0.362 e. The summed E-state index contributed by atoms with van der Waals surface area (Å²) < 4.78 is 49.3. The molecule has 0 saturated carbocycles. The van der Waals surface area contributed by atoms with Gasteiger partial charge >= 0.3 is 12.3 Å². The maximum absolute atomic E-state index is 12.7. The molecule has 0 amide bonds. The van der Waals surface area contributed by atoms with Gasteiger partial charge in [0.1, 0.15) is 5.02 Å². The number of aromatic nitrogens is 2. The molecular weight excluding hydrogens is 276 g/mol. The first kappa shape index (κ1) is 14.7. The van der Waals surface area contributed by atoms with Gasteiger partial charge in [-0.3, -0.25) is 0 Å². The molecule has 102 valence electrons. The SMILES string of the molecule is CCNc1ncc(Cl)c(NCC(F)(F)C(F)F)n1. The first-order valence-corrected chi connectivity index (χ1v) is 5.41. The number of hydrogen-bond acceptors (Lipinski definition) is 4. The van der Waals surface area contributed by atoms with Gasteiger partial charge in [0, 0.05) is 6.54 Å². The molecule has 0 unspecified atom stereocenters. The van der Waals surface area contributed by atoms with Crippen LogP contribution >= 0.6 is 11.6 Å². The zero-order chi connectivity index (χ0) is 13.8. The molecule has 18 heavy (non-hydrogen) atoms. The lowest BCUT2D eigenvalue weighted by molar-refractivity contribution is -0.117. The maximum Gasteiger partial charge on any atom is 0.324 e. The van der Waals surface area contributed by atoms with Crippen molar-refractivity contribution in [3.63, 3.8) is 0 Å². The highest BCUT2D eigenvalue weighted by Crippen LogP contribution is 2.25. The molecule has 0 spiro atoms. The van der Waals surface area contributed by atoms with Crippen molar-refractivity contribution in [3.8, 4) is 0 Å². The highest BCUT2D eigenvalue weighted by Gasteiger charge is 2.40. The molecule has 1 aromatic rings. The van der Waals surface area contributed by atoms with E-state index in [9.17, 15) is 17.6 Å². The van der Waals surface area contributed by atoms with E-state index in [0.29, 0.717) is 6.54 Å². The third kappa shape index (κ3) is 3.86. The molecular formula is C9H11ClF4N4. The summed E-state index contributed by atoms with van der Waals surface area (Å²) in [6.07, 6.45) is -2.56. The topological polar surface area (TPSA) is 49.8 Å². The standard InChI is InChI=1S/C9H11ClF4N4/c1-2-15-8-16-3-5(10)6(18-8)17-4-9(13,14)7(11)12/h3,7H,2,4H2,1H3,(H2,15,16,17,18). The predicted octanol–water partition coefficient (Wildman–Crippen LogP) is 2.87. The Morgan fingerprint density at radius 1 is 1.39 bits per heavy atom. The van der Waals surface area contributed by atoms with Gasteiger partial charge in [-0.05, 0) is 6.92 Å². The lowest BCUT2D eigenvalue weighted by atomic mass is 10.3. The molecule has 0 aliphatic heterocycles. The Morgan fingerprint density at radius 2 is 2.06 bits per heavy atom. The van der Waals surface area contributed by atoms with Crippen molar-refractivity contribution >= 4 is 23.4 Å². The van der Waals surface area contributed by atoms with E-state index in [2.05, 4.69) is 20.6 Å². The average Bonchev–Trinajstić information content (AvgIpc) is 2.30. The highest BCUT2D eigenvalue weighted by atomic mass is 35.5. The molecule has 0 bridgehead atoms. The number of nitrogens with one attached hydrogen (secondary N) is 2. The van der Waals surface area contributed by atoms with Crippen LogP contribution in [0.3, 0.4) is 0 Å². The van der Waals surface area contributed by atoms with Gasteiger partial charge in [0.05, 0.1) is 12.7 Å². The number of rotatable bonds is 6.